The predicted molar refractivity (Wildman–Crippen MR) is 114 cm³/mol. The van der Waals surface area contributed by atoms with Crippen molar-refractivity contribution in [1.29, 1.82) is 0 Å². The minimum absolute atomic E-state index is 0.128. The van der Waals surface area contributed by atoms with E-state index < -0.39 is 66.2 Å². The van der Waals surface area contributed by atoms with Crippen LogP contribution < -0.4 is 21.7 Å². The van der Waals surface area contributed by atoms with Crippen molar-refractivity contribution >= 4 is 47.4 Å². The largest absolute Gasteiger partial charge is 0.481 e. The van der Waals surface area contributed by atoms with E-state index in [1.165, 1.54) is 18.7 Å². The number of thioether (sulfide) groups is 1. The SMILES string of the molecule is CSCCC(NC(=O)C(CCC(=O)O)NC(=O)C(C)NC(=O)C(N)CCC(=O)O)C(=O)O. The standard InChI is InChI=1S/C18H30N4O9S/c1-9(20-16(28)10(19)3-5-13(23)24)15(27)21-11(4-6-14(25)26)17(29)22-12(18(30)31)7-8-32-2/h9-12H,3-8,19H2,1-2H3,(H,20,28)(H,21,27)(H,22,29)(H,23,24)(H,25,26)(H,30,31). The summed E-state index contributed by atoms with van der Waals surface area (Å²) in [5, 5.41) is 33.6. The maximum Gasteiger partial charge on any atom is 0.326 e. The van der Waals surface area contributed by atoms with E-state index in [1.807, 2.05) is 0 Å². The van der Waals surface area contributed by atoms with E-state index in [0.29, 0.717) is 5.75 Å². The average molecular weight is 479 g/mol. The summed E-state index contributed by atoms with van der Waals surface area (Å²) in [6, 6.07) is -4.91. The lowest BCUT2D eigenvalue weighted by Gasteiger charge is -2.23. The van der Waals surface area contributed by atoms with Crippen LogP contribution in [0.4, 0.5) is 0 Å². The molecule has 4 unspecified atom stereocenters. The summed E-state index contributed by atoms with van der Waals surface area (Å²) in [6.07, 6.45) is 0.629. The lowest BCUT2D eigenvalue weighted by atomic mass is 10.1. The molecule has 182 valence electrons. The summed E-state index contributed by atoms with van der Waals surface area (Å²) in [6.45, 7) is 1.29. The molecule has 0 heterocycles. The van der Waals surface area contributed by atoms with Crippen molar-refractivity contribution in [1.82, 2.24) is 16.0 Å². The summed E-state index contributed by atoms with van der Waals surface area (Å²) in [4.78, 5) is 69.7. The van der Waals surface area contributed by atoms with E-state index in [4.69, 9.17) is 15.9 Å². The molecule has 0 bridgehead atoms. The fourth-order valence-electron chi connectivity index (χ4n) is 2.39. The Kier molecular flexibility index (Phi) is 13.7. The highest BCUT2D eigenvalue weighted by Gasteiger charge is 2.29. The fraction of sp³-hybridized carbons (Fsp3) is 0.667. The van der Waals surface area contributed by atoms with Gasteiger partial charge in [-0.15, -0.1) is 0 Å². The number of amides is 3. The van der Waals surface area contributed by atoms with Crippen molar-refractivity contribution < 1.29 is 44.1 Å². The molecule has 0 aromatic heterocycles. The van der Waals surface area contributed by atoms with Gasteiger partial charge in [-0.25, -0.2) is 4.79 Å². The van der Waals surface area contributed by atoms with Gasteiger partial charge in [0.15, 0.2) is 0 Å². The Morgan fingerprint density at radius 2 is 1.31 bits per heavy atom. The molecule has 3 amide bonds. The Bertz CT molecular complexity index is 704. The first-order valence-corrected chi connectivity index (χ1v) is 11.1. The van der Waals surface area contributed by atoms with Crippen LogP contribution >= 0.6 is 11.8 Å². The quantitative estimate of drug-likeness (QED) is 0.133. The Morgan fingerprint density at radius 3 is 1.81 bits per heavy atom. The van der Waals surface area contributed by atoms with E-state index in [2.05, 4.69) is 16.0 Å². The zero-order valence-electron chi connectivity index (χ0n) is 17.8. The molecule has 0 aromatic rings. The third kappa shape index (κ3) is 12.1. The molecule has 0 rings (SSSR count). The Labute approximate surface area is 188 Å². The van der Waals surface area contributed by atoms with Crippen molar-refractivity contribution in [3.63, 3.8) is 0 Å². The minimum atomic E-state index is -1.35. The van der Waals surface area contributed by atoms with Crippen molar-refractivity contribution in [2.75, 3.05) is 12.0 Å². The van der Waals surface area contributed by atoms with Crippen LogP contribution in [0.3, 0.4) is 0 Å². The van der Waals surface area contributed by atoms with Gasteiger partial charge in [-0.1, -0.05) is 0 Å². The van der Waals surface area contributed by atoms with Crippen LogP contribution in [0.1, 0.15) is 39.0 Å². The summed E-state index contributed by atoms with van der Waals surface area (Å²) >= 11 is 1.38. The maximum atomic E-state index is 12.5. The Morgan fingerprint density at radius 1 is 0.781 bits per heavy atom. The van der Waals surface area contributed by atoms with E-state index in [1.54, 1.807) is 6.26 Å². The molecule has 0 spiro atoms. The molecule has 4 atom stereocenters. The summed E-state index contributed by atoms with van der Waals surface area (Å²) in [7, 11) is 0. The zero-order valence-corrected chi connectivity index (χ0v) is 18.6. The summed E-state index contributed by atoms with van der Waals surface area (Å²) in [5.41, 5.74) is 5.57. The van der Waals surface area contributed by atoms with Crippen LogP contribution in [0.25, 0.3) is 0 Å². The molecule has 32 heavy (non-hydrogen) atoms. The minimum Gasteiger partial charge on any atom is -0.481 e. The van der Waals surface area contributed by atoms with Crippen molar-refractivity contribution in [2.45, 2.75) is 63.2 Å². The number of nitrogens with two attached hydrogens (primary N) is 1. The first kappa shape index (κ1) is 29.1. The summed E-state index contributed by atoms with van der Waals surface area (Å²) < 4.78 is 0. The van der Waals surface area contributed by atoms with Crippen molar-refractivity contribution in [3.8, 4) is 0 Å². The number of carbonyl (C=O) groups excluding carboxylic acids is 3. The number of hydrogen-bond acceptors (Lipinski definition) is 8. The molecule has 0 fully saturated rings. The first-order chi connectivity index (χ1) is 14.9. The van der Waals surface area contributed by atoms with Gasteiger partial charge in [-0.3, -0.25) is 24.0 Å². The summed E-state index contributed by atoms with van der Waals surface area (Å²) in [5.74, 6) is -5.65. The van der Waals surface area contributed by atoms with Crippen LogP contribution in [0.2, 0.25) is 0 Å². The Hall–Kier alpha value is -2.87. The highest BCUT2D eigenvalue weighted by Crippen LogP contribution is 2.05. The van der Waals surface area contributed by atoms with Gasteiger partial charge in [-0.05, 0) is 38.2 Å². The molecule has 0 saturated heterocycles. The van der Waals surface area contributed by atoms with Gasteiger partial charge in [-0.2, -0.15) is 11.8 Å². The van der Waals surface area contributed by atoms with Gasteiger partial charge >= 0.3 is 17.9 Å². The molecule has 13 nitrogen and oxygen atoms in total. The molecular formula is C18H30N4O9S. The molecule has 0 aliphatic rings. The highest BCUT2D eigenvalue weighted by molar-refractivity contribution is 7.98. The number of aliphatic carboxylic acids is 3. The van der Waals surface area contributed by atoms with E-state index in [9.17, 15) is 33.9 Å². The average Bonchev–Trinajstić information content (AvgIpc) is 2.71. The smallest absolute Gasteiger partial charge is 0.326 e. The Balaban J connectivity index is 5.10. The van der Waals surface area contributed by atoms with Gasteiger partial charge in [0.25, 0.3) is 0 Å². The number of hydrogen-bond donors (Lipinski definition) is 7. The van der Waals surface area contributed by atoms with E-state index in [-0.39, 0.29) is 25.7 Å². The van der Waals surface area contributed by atoms with Crippen LogP contribution in [0, 0.1) is 0 Å². The molecular weight excluding hydrogens is 448 g/mol. The van der Waals surface area contributed by atoms with Crippen LogP contribution in [0.5, 0.6) is 0 Å². The normalized spacial score (nSPS) is 14.3. The van der Waals surface area contributed by atoms with Crippen LogP contribution in [-0.4, -0.2) is 87.1 Å². The molecule has 14 heteroatoms. The van der Waals surface area contributed by atoms with Crippen LogP contribution in [-0.2, 0) is 28.8 Å². The second kappa shape index (κ2) is 15.0. The maximum absolute atomic E-state index is 12.5. The van der Waals surface area contributed by atoms with Gasteiger partial charge in [0.05, 0.1) is 6.04 Å². The zero-order chi connectivity index (χ0) is 24.8. The van der Waals surface area contributed by atoms with Gasteiger partial charge < -0.3 is 37.0 Å². The number of nitrogens with one attached hydrogen (secondary N) is 3. The van der Waals surface area contributed by atoms with E-state index in [0.717, 1.165) is 0 Å². The molecule has 8 N–H and O–H groups in total. The lowest BCUT2D eigenvalue weighted by molar-refractivity contribution is -0.143. The molecule has 0 saturated carbocycles. The monoisotopic (exact) mass is 478 g/mol. The third-order valence-electron chi connectivity index (χ3n) is 4.26. The number of carboxylic acids is 3. The second-order valence-electron chi connectivity index (χ2n) is 6.94. The number of carboxylic acid groups (broad SMARTS) is 3. The molecule has 0 radical (unpaired) electrons. The number of rotatable bonds is 16. The van der Waals surface area contributed by atoms with Crippen molar-refractivity contribution in [3.05, 3.63) is 0 Å². The van der Waals surface area contributed by atoms with Gasteiger partial charge in [0, 0.05) is 12.8 Å². The molecule has 0 aromatic carbocycles. The number of carbonyl (C=O) groups is 6. The third-order valence-corrected chi connectivity index (χ3v) is 4.91. The van der Waals surface area contributed by atoms with Gasteiger partial charge in [0.2, 0.25) is 17.7 Å². The molecule has 0 aliphatic heterocycles. The lowest BCUT2D eigenvalue weighted by Crippen LogP contribution is -2.56. The second-order valence-corrected chi connectivity index (χ2v) is 7.93. The first-order valence-electron chi connectivity index (χ1n) is 9.71. The fourth-order valence-corrected chi connectivity index (χ4v) is 2.87. The topological polar surface area (TPSA) is 225 Å². The van der Waals surface area contributed by atoms with Crippen molar-refractivity contribution in [2.24, 2.45) is 5.73 Å². The van der Waals surface area contributed by atoms with Crippen LogP contribution in [0.15, 0.2) is 0 Å². The highest BCUT2D eigenvalue weighted by atomic mass is 32.2. The predicted octanol–water partition coefficient (Wildman–Crippen LogP) is -1.64. The molecule has 0 aliphatic carbocycles. The van der Waals surface area contributed by atoms with Gasteiger partial charge in [0.1, 0.15) is 18.1 Å². The van der Waals surface area contributed by atoms with E-state index >= 15 is 0 Å².